The Hall–Kier alpha value is -2.57. The van der Waals surface area contributed by atoms with Gasteiger partial charge in [0.25, 0.3) is 5.91 Å². The van der Waals surface area contributed by atoms with Crippen LogP contribution in [0.4, 0.5) is 11.4 Å². The Morgan fingerprint density at radius 1 is 1.14 bits per heavy atom. The second-order valence-corrected chi connectivity index (χ2v) is 7.67. The molecule has 0 saturated carbocycles. The molecule has 3 rings (SSSR count). The van der Waals surface area contributed by atoms with Crippen molar-refractivity contribution in [3.05, 3.63) is 58.6 Å². The number of carbonyl (C=O) groups is 2. The lowest BCUT2D eigenvalue weighted by molar-refractivity contribution is -0.914. The van der Waals surface area contributed by atoms with Crippen molar-refractivity contribution in [2.75, 3.05) is 36.4 Å². The van der Waals surface area contributed by atoms with E-state index in [1.165, 1.54) is 10.5 Å². The quantitative estimate of drug-likeness (QED) is 0.710. The minimum Gasteiger partial charge on any atom is -0.366 e. The molecule has 1 fully saturated rings. The Morgan fingerprint density at radius 3 is 2.39 bits per heavy atom. The summed E-state index contributed by atoms with van der Waals surface area (Å²) in [5, 5.41) is 3.66. The van der Waals surface area contributed by atoms with Gasteiger partial charge >= 0.3 is 0 Å². The van der Waals surface area contributed by atoms with Gasteiger partial charge in [-0.3, -0.25) is 9.59 Å². The molecule has 7 heteroatoms. The van der Waals surface area contributed by atoms with Gasteiger partial charge in [0, 0.05) is 22.0 Å². The molecule has 28 heavy (non-hydrogen) atoms. The van der Waals surface area contributed by atoms with Crippen LogP contribution in [-0.2, 0) is 4.79 Å². The number of aryl methyl sites for hydroxylation is 1. The maximum absolute atomic E-state index is 12.6. The van der Waals surface area contributed by atoms with Crippen molar-refractivity contribution < 1.29 is 14.5 Å². The van der Waals surface area contributed by atoms with Gasteiger partial charge in [0.05, 0.1) is 26.2 Å². The summed E-state index contributed by atoms with van der Waals surface area (Å²) in [4.78, 5) is 27.3. The first kappa shape index (κ1) is 20.2. The number of amides is 2. The van der Waals surface area contributed by atoms with Crippen LogP contribution in [0.15, 0.2) is 42.5 Å². The fraction of sp³-hybridized carbons (Fsp3) is 0.333. The van der Waals surface area contributed by atoms with Crippen LogP contribution in [0.5, 0.6) is 0 Å². The summed E-state index contributed by atoms with van der Waals surface area (Å²) in [6, 6.07) is 12.4. The van der Waals surface area contributed by atoms with E-state index in [1.54, 1.807) is 24.3 Å². The van der Waals surface area contributed by atoms with Gasteiger partial charge in [-0.25, -0.2) is 0 Å². The third-order valence-electron chi connectivity index (χ3n) is 5.36. The van der Waals surface area contributed by atoms with E-state index in [2.05, 4.69) is 17.1 Å². The van der Waals surface area contributed by atoms with E-state index < -0.39 is 5.91 Å². The molecule has 4 N–H and O–H groups in total. The van der Waals surface area contributed by atoms with Gasteiger partial charge in [-0.1, -0.05) is 17.7 Å². The van der Waals surface area contributed by atoms with Crippen LogP contribution >= 0.6 is 11.6 Å². The summed E-state index contributed by atoms with van der Waals surface area (Å²) in [6.45, 7) is 7.54. The first-order valence-corrected chi connectivity index (χ1v) is 9.79. The highest BCUT2D eigenvalue weighted by atomic mass is 35.5. The molecule has 2 aromatic rings. The fourth-order valence-corrected chi connectivity index (χ4v) is 3.71. The predicted molar refractivity (Wildman–Crippen MR) is 112 cm³/mol. The molecule has 2 aromatic carbocycles. The van der Waals surface area contributed by atoms with E-state index in [-0.39, 0.29) is 11.9 Å². The van der Waals surface area contributed by atoms with Crippen molar-refractivity contribution in [3.8, 4) is 0 Å². The van der Waals surface area contributed by atoms with Crippen molar-refractivity contribution >= 4 is 34.8 Å². The van der Waals surface area contributed by atoms with E-state index in [9.17, 15) is 9.59 Å². The van der Waals surface area contributed by atoms with Gasteiger partial charge in [0.1, 0.15) is 0 Å². The van der Waals surface area contributed by atoms with Crippen molar-refractivity contribution in [1.82, 2.24) is 0 Å². The summed E-state index contributed by atoms with van der Waals surface area (Å²) in [5.41, 5.74) is 8.69. The topological polar surface area (TPSA) is 79.9 Å². The number of quaternary nitrogens is 1. The lowest BCUT2D eigenvalue weighted by Gasteiger charge is -2.36. The number of nitrogens with two attached hydrogens (primary N) is 1. The van der Waals surface area contributed by atoms with Crippen LogP contribution in [0.3, 0.4) is 0 Å². The van der Waals surface area contributed by atoms with E-state index in [0.29, 0.717) is 11.3 Å². The number of hydrogen-bond acceptors (Lipinski definition) is 3. The number of primary amides is 1. The largest absolute Gasteiger partial charge is 0.366 e. The zero-order valence-corrected chi connectivity index (χ0v) is 16.9. The average molecular weight is 402 g/mol. The highest BCUT2D eigenvalue weighted by Gasteiger charge is 2.29. The average Bonchev–Trinajstić information content (AvgIpc) is 2.69. The van der Waals surface area contributed by atoms with E-state index >= 15 is 0 Å². The molecule has 1 saturated heterocycles. The SMILES string of the molecule is Cc1ccc(Cl)cc1N1CC[NH+]([C@@H](C)C(=O)Nc2ccc(C(N)=O)cc2)CC1. The normalized spacial score (nSPS) is 15.9. The van der Waals surface area contributed by atoms with Crippen LogP contribution in [0.25, 0.3) is 0 Å². The number of nitrogens with one attached hydrogen (secondary N) is 2. The molecule has 0 unspecified atom stereocenters. The van der Waals surface area contributed by atoms with Crippen LogP contribution in [0, 0.1) is 6.92 Å². The van der Waals surface area contributed by atoms with Gasteiger partial charge in [0.2, 0.25) is 5.91 Å². The number of nitrogens with zero attached hydrogens (tertiary/aromatic N) is 1. The standard InChI is InChI=1S/C21H25ClN4O2/c1-14-3-6-17(22)13-19(14)26-11-9-25(10-12-26)15(2)21(28)24-18-7-4-16(5-8-18)20(23)27/h3-8,13,15H,9-12H2,1-2H3,(H2,23,27)(H,24,28)/p+1/t15-/m0/s1. The molecule has 0 bridgehead atoms. The highest BCUT2D eigenvalue weighted by molar-refractivity contribution is 6.30. The lowest BCUT2D eigenvalue weighted by Crippen LogP contribution is -3.19. The summed E-state index contributed by atoms with van der Waals surface area (Å²) in [7, 11) is 0. The van der Waals surface area contributed by atoms with Crippen molar-refractivity contribution in [2.24, 2.45) is 5.73 Å². The van der Waals surface area contributed by atoms with Gasteiger partial charge in [0.15, 0.2) is 6.04 Å². The summed E-state index contributed by atoms with van der Waals surface area (Å²) in [6.07, 6.45) is 0. The number of piperazine rings is 1. The first-order valence-electron chi connectivity index (χ1n) is 9.41. The Bertz CT molecular complexity index is 861. The number of carbonyl (C=O) groups excluding carboxylic acids is 2. The van der Waals surface area contributed by atoms with Gasteiger partial charge in [-0.05, 0) is 55.8 Å². The molecular formula is C21H26ClN4O2+. The lowest BCUT2D eigenvalue weighted by atomic mass is 10.1. The molecule has 1 aliphatic heterocycles. The molecule has 1 heterocycles. The monoisotopic (exact) mass is 401 g/mol. The Morgan fingerprint density at radius 2 is 1.79 bits per heavy atom. The Kier molecular flexibility index (Phi) is 6.21. The molecule has 0 aliphatic carbocycles. The van der Waals surface area contributed by atoms with E-state index in [0.717, 1.165) is 36.9 Å². The van der Waals surface area contributed by atoms with E-state index in [1.807, 2.05) is 25.1 Å². The maximum Gasteiger partial charge on any atom is 0.282 e. The molecule has 0 spiro atoms. The Balaban J connectivity index is 1.57. The smallest absolute Gasteiger partial charge is 0.282 e. The minimum atomic E-state index is -0.483. The number of anilines is 2. The van der Waals surface area contributed by atoms with Crippen LogP contribution in [0.2, 0.25) is 5.02 Å². The number of rotatable bonds is 5. The van der Waals surface area contributed by atoms with Crippen LogP contribution < -0.4 is 20.9 Å². The van der Waals surface area contributed by atoms with Crippen molar-refractivity contribution in [3.63, 3.8) is 0 Å². The third kappa shape index (κ3) is 4.64. The second-order valence-electron chi connectivity index (χ2n) is 7.23. The number of halogens is 1. The summed E-state index contributed by atoms with van der Waals surface area (Å²) < 4.78 is 0. The highest BCUT2D eigenvalue weighted by Crippen LogP contribution is 2.24. The number of hydrogen-bond donors (Lipinski definition) is 3. The summed E-state index contributed by atoms with van der Waals surface area (Å²) in [5.74, 6) is -0.516. The Labute approximate surface area is 170 Å². The molecule has 1 aliphatic rings. The zero-order chi connectivity index (χ0) is 20.3. The molecule has 1 atom stereocenters. The molecular weight excluding hydrogens is 376 g/mol. The van der Waals surface area contributed by atoms with Crippen LogP contribution in [-0.4, -0.2) is 44.0 Å². The predicted octanol–water partition coefficient (Wildman–Crippen LogP) is 1.48. The minimum absolute atomic E-state index is 0.0331. The number of benzene rings is 2. The fourth-order valence-electron chi connectivity index (χ4n) is 3.54. The zero-order valence-electron chi connectivity index (χ0n) is 16.2. The van der Waals surface area contributed by atoms with Gasteiger partial charge in [-0.15, -0.1) is 0 Å². The van der Waals surface area contributed by atoms with Crippen molar-refractivity contribution in [2.45, 2.75) is 19.9 Å². The second kappa shape index (κ2) is 8.63. The third-order valence-corrected chi connectivity index (χ3v) is 5.60. The first-order chi connectivity index (χ1) is 13.3. The summed E-state index contributed by atoms with van der Waals surface area (Å²) >= 11 is 6.15. The molecule has 0 aromatic heterocycles. The van der Waals surface area contributed by atoms with E-state index in [4.69, 9.17) is 17.3 Å². The van der Waals surface area contributed by atoms with Crippen molar-refractivity contribution in [1.29, 1.82) is 0 Å². The van der Waals surface area contributed by atoms with Gasteiger partial charge in [-0.2, -0.15) is 0 Å². The molecule has 2 amide bonds. The maximum atomic E-state index is 12.6. The van der Waals surface area contributed by atoms with Gasteiger partial charge < -0.3 is 20.9 Å². The van der Waals surface area contributed by atoms with Crippen LogP contribution in [0.1, 0.15) is 22.8 Å². The molecule has 0 radical (unpaired) electrons. The molecule has 6 nitrogen and oxygen atoms in total. The molecule has 148 valence electrons.